The van der Waals surface area contributed by atoms with Crippen LogP contribution in [0, 0.1) is 6.92 Å². The first-order valence-corrected chi connectivity index (χ1v) is 14.3. The molecule has 0 N–H and O–H groups in total. The monoisotopic (exact) mass is 595 g/mol. The summed E-state index contributed by atoms with van der Waals surface area (Å²) in [5, 5.41) is 0. The molecule has 0 amide bonds. The molecule has 2 aliphatic heterocycles. The average molecular weight is 597 g/mol. The Bertz CT molecular complexity index is 1620. The second-order valence-corrected chi connectivity index (χ2v) is 11.4. The van der Waals surface area contributed by atoms with Crippen LogP contribution in [0.15, 0.2) is 61.9 Å². The van der Waals surface area contributed by atoms with E-state index >= 15 is 0 Å². The number of carbonyl (C=O) groups excluding carboxylic acids is 1. The molecule has 1 fully saturated rings. The van der Waals surface area contributed by atoms with Crippen molar-refractivity contribution in [3.05, 3.63) is 88.5 Å². The topological polar surface area (TPSA) is 73.1 Å². The van der Waals surface area contributed by atoms with Gasteiger partial charge >= 0.3 is 5.97 Å². The largest absolute Gasteiger partial charge is 0.496 e. The maximum atomic E-state index is 13.9. The van der Waals surface area contributed by atoms with E-state index in [0.29, 0.717) is 31.9 Å². The van der Waals surface area contributed by atoms with Crippen LogP contribution in [-0.2, 0) is 9.53 Å². The highest BCUT2D eigenvalue weighted by Gasteiger charge is 2.35. The molecule has 0 saturated carbocycles. The van der Waals surface area contributed by atoms with Gasteiger partial charge in [-0.1, -0.05) is 33.3 Å². The highest BCUT2D eigenvalue weighted by atomic mass is 79.9. The lowest BCUT2D eigenvalue weighted by Crippen LogP contribution is -2.40. The number of aryl methyl sites for hydroxylation is 1. The molecule has 0 bridgehead atoms. The Morgan fingerprint density at radius 1 is 1.18 bits per heavy atom. The molecular formula is C29H30BrN3O4S. The van der Waals surface area contributed by atoms with Gasteiger partial charge in [0.15, 0.2) is 4.80 Å². The van der Waals surface area contributed by atoms with Crippen LogP contribution in [0.3, 0.4) is 0 Å². The maximum absolute atomic E-state index is 13.9. The molecule has 198 valence electrons. The minimum absolute atomic E-state index is 0.212. The summed E-state index contributed by atoms with van der Waals surface area (Å²) in [5.74, 6) is 0.0700. The first kappa shape index (κ1) is 26.4. The number of aromatic nitrogens is 1. The van der Waals surface area contributed by atoms with Gasteiger partial charge in [0.25, 0.3) is 5.56 Å². The molecule has 2 aliphatic rings. The van der Waals surface area contributed by atoms with E-state index in [1.54, 1.807) is 25.5 Å². The fourth-order valence-corrected chi connectivity index (χ4v) is 6.66. The number of hydrogen-bond acceptors (Lipinski definition) is 7. The normalized spacial score (nSPS) is 17.4. The zero-order chi connectivity index (χ0) is 27.0. The van der Waals surface area contributed by atoms with Gasteiger partial charge in [-0.2, -0.15) is 0 Å². The lowest BCUT2D eigenvalue weighted by molar-refractivity contribution is -0.139. The number of nitrogens with zero attached hydrogens (tertiary/aromatic N) is 3. The molecular weight excluding hydrogens is 566 g/mol. The van der Waals surface area contributed by atoms with Crippen LogP contribution in [0.4, 0.5) is 5.69 Å². The first-order valence-electron chi connectivity index (χ1n) is 12.7. The van der Waals surface area contributed by atoms with Gasteiger partial charge in [0.2, 0.25) is 0 Å². The number of rotatable bonds is 6. The number of esters is 1. The lowest BCUT2D eigenvalue weighted by atomic mass is 9.95. The van der Waals surface area contributed by atoms with E-state index in [0.717, 1.165) is 23.1 Å². The number of hydrogen-bond donors (Lipinski definition) is 0. The van der Waals surface area contributed by atoms with Crippen LogP contribution in [-0.4, -0.2) is 37.3 Å². The fraction of sp³-hybridized carbons (Fsp3) is 0.345. The van der Waals surface area contributed by atoms with Gasteiger partial charge < -0.3 is 14.4 Å². The van der Waals surface area contributed by atoms with E-state index in [4.69, 9.17) is 9.47 Å². The SMILES string of the molecule is CCOC(=O)C1=C(C)N=c2s/c(=C\c3ccc(N4CCCC4)c(C)c3)c(=O)n2[C@H]1c1cc(Br)ccc1OC. The average Bonchev–Trinajstić information content (AvgIpc) is 3.52. The smallest absolute Gasteiger partial charge is 0.338 e. The Hall–Kier alpha value is -3.17. The minimum Gasteiger partial charge on any atom is -0.496 e. The standard InChI is InChI=1S/C29H30BrN3O4S/c1-5-37-28(35)25-18(3)31-29-33(26(25)21-16-20(30)9-11-23(21)36-4)27(34)24(38-29)15-19-8-10-22(17(2)14-19)32-12-6-7-13-32/h8-11,14-16,26H,5-7,12-13H2,1-4H3/b24-15-/t26-/m0/s1. The molecule has 0 spiro atoms. The van der Waals surface area contributed by atoms with E-state index < -0.39 is 12.0 Å². The van der Waals surface area contributed by atoms with Crippen LogP contribution >= 0.6 is 27.3 Å². The molecule has 0 radical (unpaired) electrons. The lowest BCUT2D eigenvalue weighted by Gasteiger charge is -2.26. The molecule has 5 rings (SSSR count). The van der Waals surface area contributed by atoms with Gasteiger partial charge in [0.1, 0.15) is 11.8 Å². The van der Waals surface area contributed by atoms with Gasteiger partial charge in [-0.25, -0.2) is 9.79 Å². The number of fused-ring (bicyclic) bond motifs is 1. The quantitative estimate of drug-likeness (QED) is 0.393. The molecule has 0 unspecified atom stereocenters. The highest BCUT2D eigenvalue weighted by molar-refractivity contribution is 9.10. The third-order valence-corrected chi connectivity index (χ3v) is 8.44. The van der Waals surface area contributed by atoms with E-state index in [2.05, 4.69) is 50.9 Å². The number of anilines is 1. The number of thiazole rings is 1. The number of methoxy groups -OCH3 is 1. The van der Waals surface area contributed by atoms with Crippen LogP contribution < -0.4 is 24.5 Å². The Labute approximate surface area is 233 Å². The third-order valence-electron chi connectivity index (χ3n) is 6.97. The van der Waals surface area contributed by atoms with Gasteiger partial charge in [-0.3, -0.25) is 9.36 Å². The molecule has 3 heterocycles. The molecule has 7 nitrogen and oxygen atoms in total. The van der Waals surface area contributed by atoms with Crippen molar-refractivity contribution in [2.24, 2.45) is 4.99 Å². The van der Waals surface area contributed by atoms with Crippen LogP contribution in [0.25, 0.3) is 6.08 Å². The minimum atomic E-state index is -0.737. The summed E-state index contributed by atoms with van der Waals surface area (Å²) < 4.78 is 14.0. The third kappa shape index (κ3) is 4.85. The molecule has 1 atom stereocenters. The molecule has 0 aliphatic carbocycles. The Balaban J connectivity index is 1.67. The fourth-order valence-electron chi connectivity index (χ4n) is 5.24. The zero-order valence-corrected chi connectivity index (χ0v) is 24.3. The summed E-state index contributed by atoms with van der Waals surface area (Å²) in [6, 6.07) is 11.1. The summed E-state index contributed by atoms with van der Waals surface area (Å²) >= 11 is 4.85. The van der Waals surface area contributed by atoms with Gasteiger partial charge in [-0.15, -0.1) is 0 Å². The van der Waals surface area contributed by atoms with Gasteiger partial charge in [-0.05, 0) is 81.1 Å². The number of ether oxygens (including phenoxy) is 2. The van der Waals surface area contributed by atoms with Crippen molar-refractivity contribution in [2.45, 2.75) is 39.7 Å². The zero-order valence-electron chi connectivity index (χ0n) is 21.9. The summed E-state index contributed by atoms with van der Waals surface area (Å²) in [6.45, 7) is 8.03. The van der Waals surface area contributed by atoms with Crippen molar-refractivity contribution >= 4 is 45.0 Å². The van der Waals surface area contributed by atoms with Crippen molar-refractivity contribution in [3.8, 4) is 5.75 Å². The summed E-state index contributed by atoms with van der Waals surface area (Å²) in [7, 11) is 1.57. The molecule has 1 aromatic heterocycles. The van der Waals surface area contributed by atoms with Crippen LogP contribution in [0.5, 0.6) is 5.75 Å². The van der Waals surface area contributed by atoms with E-state index in [1.807, 2.05) is 24.3 Å². The summed E-state index contributed by atoms with van der Waals surface area (Å²) in [5.41, 5.74) is 4.70. The second kappa shape index (κ2) is 10.9. The number of carbonyl (C=O) groups is 1. The van der Waals surface area contributed by atoms with E-state index in [-0.39, 0.29) is 12.2 Å². The Morgan fingerprint density at radius 3 is 2.63 bits per heavy atom. The Kier molecular flexibility index (Phi) is 7.59. The van der Waals surface area contributed by atoms with Gasteiger partial charge in [0.05, 0.1) is 29.5 Å². The molecule has 9 heteroatoms. The van der Waals surface area contributed by atoms with Crippen molar-refractivity contribution < 1.29 is 14.3 Å². The second-order valence-electron chi connectivity index (χ2n) is 9.43. The van der Waals surface area contributed by atoms with Crippen molar-refractivity contribution in [3.63, 3.8) is 0 Å². The number of allylic oxidation sites excluding steroid dienone is 1. The number of halogens is 1. The van der Waals surface area contributed by atoms with E-state index in [1.165, 1.54) is 35.4 Å². The maximum Gasteiger partial charge on any atom is 0.338 e. The van der Waals surface area contributed by atoms with E-state index in [9.17, 15) is 9.59 Å². The van der Waals surface area contributed by atoms with Gasteiger partial charge in [0, 0.05) is 28.8 Å². The molecule has 3 aromatic rings. The molecule has 2 aromatic carbocycles. The summed E-state index contributed by atoms with van der Waals surface area (Å²) in [6.07, 6.45) is 4.35. The summed E-state index contributed by atoms with van der Waals surface area (Å²) in [4.78, 5) is 34.7. The van der Waals surface area contributed by atoms with Crippen LogP contribution in [0.1, 0.15) is 49.4 Å². The number of benzene rings is 2. The predicted molar refractivity (Wildman–Crippen MR) is 154 cm³/mol. The van der Waals surface area contributed by atoms with Crippen molar-refractivity contribution in [1.29, 1.82) is 0 Å². The van der Waals surface area contributed by atoms with Crippen molar-refractivity contribution in [1.82, 2.24) is 4.57 Å². The van der Waals surface area contributed by atoms with Crippen molar-refractivity contribution in [2.75, 3.05) is 31.7 Å². The Morgan fingerprint density at radius 2 is 1.95 bits per heavy atom. The highest BCUT2D eigenvalue weighted by Crippen LogP contribution is 2.37. The predicted octanol–water partition coefficient (Wildman–Crippen LogP) is 4.48. The molecule has 1 saturated heterocycles. The van der Waals surface area contributed by atoms with Crippen LogP contribution in [0.2, 0.25) is 0 Å². The molecule has 38 heavy (non-hydrogen) atoms. The first-order chi connectivity index (χ1) is 18.3.